The monoisotopic (exact) mass is 474 g/mol. The number of hydrogen-bond donors (Lipinski definition) is 1. The summed E-state index contributed by atoms with van der Waals surface area (Å²) in [4.78, 5) is 39.4. The summed E-state index contributed by atoms with van der Waals surface area (Å²) in [5.41, 5.74) is 5.05. The number of hydrogen-bond acceptors (Lipinski definition) is 5. The number of carbonyl (C=O) groups excluding carboxylic acids is 3. The molecule has 1 heterocycles. The maximum Gasteiger partial charge on any atom is 0.343 e. The number of amides is 2. The molecule has 4 rings (SSSR count). The van der Waals surface area contributed by atoms with Gasteiger partial charge in [0.1, 0.15) is 16.5 Å². The molecule has 1 N–H and O–H groups in total. The fourth-order valence-electron chi connectivity index (χ4n) is 3.71. The molecule has 0 bridgehead atoms. The van der Waals surface area contributed by atoms with Gasteiger partial charge >= 0.3 is 5.97 Å². The minimum Gasteiger partial charge on any atom is -0.423 e. The molecule has 172 valence electrons. The molecule has 34 heavy (non-hydrogen) atoms. The van der Waals surface area contributed by atoms with Gasteiger partial charge in [-0.05, 0) is 80.8 Å². The van der Waals surface area contributed by atoms with Crippen LogP contribution >= 0.6 is 11.6 Å². The van der Waals surface area contributed by atoms with Crippen LogP contribution in [0.25, 0.3) is 0 Å². The van der Waals surface area contributed by atoms with Crippen LogP contribution in [0.1, 0.15) is 32.6 Å². The second kappa shape index (κ2) is 9.15. The summed E-state index contributed by atoms with van der Waals surface area (Å²) in [7, 11) is 0. The fourth-order valence-corrected chi connectivity index (χ4v) is 3.93. The molecule has 1 aliphatic rings. The minimum atomic E-state index is -0.587. The quantitative estimate of drug-likeness (QED) is 0.297. The van der Waals surface area contributed by atoms with Crippen molar-refractivity contribution in [3.05, 3.63) is 99.2 Å². The summed E-state index contributed by atoms with van der Waals surface area (Å²) in [5.74, 6) is -1.13. The highest BCUT2D eigenvalue weighted by atomic mass is 35.5. The van der Waals surface area contributed by atoms with Crippen molar-refractivity contribution in [2.24, 2.45) is 0 Å². The molecule has 1 aliphatic heterocycles. The molecule has 0 aliphatic carbocycles. The van der Waals surface area contributed by atoms with Gasteiger partial charge in [0, 0.05) is 5.69 Å². The molecule has 0 atom stereocenters. The third-order valence-electron chi connectivity index (χ3n) is 5.77. The Hall–Kier alpha value is -3.90. The van der Waals surface area contributed by atoms with Gasteiger partial charge in [0.25, 0.3) is 11.8 Å². The number of imide groups is 1. The zero-order valence-electron chi connectivity index (χ0n) is 19.2. The average molecular weight is 475 g/mol. The zero-order chi connectivity index (χ0) is 24.6. The molecule has 0 aromatic heterocycles. The van der Waals surface area contributed by atoms with Crippen LogP contribution in [0.3, 0.4) is 0 Å². The van der Waals surface area contributed by atoms with Gasteiger partial charge in [-0.2, -0.15) is 0 Å². The molecule has 0 saturated carbocycles. The Morgan fingerprint density at radius 1 is 0.882 bits per heavy atom. The standard InChI is InChI=1S/C27H23ClN2O4/c1-15-8-13-22(17(3)14-15)34-27(33)19-9-11-20(12-10-19)29-24-23(28)25(31)30(26(24)32)21-7-5-6-16(2)18(21)4/h5-14,29H,1-4H3. The molecular weight excluding hydrogens is 452 g/mol. The summed E-state index contributed by atoms with van der Waals surface area (Å²) < 4.78 is 5.50. The van der Waals surface area contributed by atoms with Gasteiger partial charge in [-0.25, -0.2) is 9.69 Å². The number of carbonyl (C=O) groups is 3. The number of anilines is 2. The van der Waals surface area contributed by atoms with Crippen LogP contribution in [0.2, 0.25) is 0 Å². The molecule has 0 radical (unpaired) electrons. The van der Waals surface area contributed by atoms with Crippen molar-refractivity contribution < 1.29 is 19.1 Å². The molecule has 0 fully saturated rings. The number of benzene rings is 3. The van der Waals surface area contributed by atoms with Crippen LogP contribution in [-0.2, 0) is 9.59 Å². The van der Waals surface area contributed by atoms with E-state index in [4.69, 9.17) is 16.3 Å². The molecule has 6 nitrogen and oxygen atoms in total. The third kappa shape index (κ3) is 4.32. The van der Waals surface area contributed by atoms with Crippen molar-refractivity contribution in [2.45, 2.75) is 27.7 Å². The predicted octanol–water partition coefficient (Wildman–Crippen LogP) is 5.58. The first-order valence-electron chi connectivity index (χ1n) is 10.7. The molecular formula is C27H23ClN2O4. The van der Waals surface area contributed by atoms with Gasteiger partial charge in [0.2, 0.25) is 0 Å². The Morgan fingerprint density at radius 2 is 1.59 bits per heavy atom. The van der Waals surface area contributed by atoms with Gasteiger partial charge in [-0.3, -0.25) is 9.59 Å². The van der Waals surface area contributed by atoms with Gasteiger partial charge in [0.15, 0.2) is 0 Å². The van der Waals surface area contributed by atoms with Crippen LogP contribution in [0.15, 0.2) is 71.4 Å². The van der Waals surface area contributed by atoms with Crippen LogP contribution in [0, 0.1) is 27.7 Å². The van der Waals surface area contributed by atoms with Gasteiger partial charge in [-0.1, -0.05) is 41.4 Å². The maximum absolute atomic E-state index is 13.1. The van der Waals surface area contributed by atoms with Crippen LogP contribution in [-0.4, -0.2) is 17.8 Å². The van der Waals surface area contributed by atoms with E-state index in [0.717, 1.165) is 27.2 Å². The molecule has 0 saturated heterocycles. The normalized spacial score (nSPS) is 13.5. The Balaban J connectivity index is 1.50. The van der Waals surface area contributed by atoms with Crippen LogP contribution in [0.4, 0.5) is 11.4 Å². The second-order valence-corrected chi connectivity index (χ2v) is 8.59. The number of halogens is 1. The highest BCUT2D eigenvalue weighted by molar-refractivity contribution is 6.53. The van der Waals surface area contributed by atoms with E-state index in [-0.39, 0.29) is 10.7 Å². The summed E-state index contributed by atoms with van der Waals surface area (Å²) in [5, 5.41) is 2.73. The van der Waals surface area contributed by atoms with Crippen molar-refractivity contribution >= 4 is 40.8 Å². The highest BCUT2D eigenvalue weighted by Gasteiger charge is 2.39. The van der Waals surface area contributed by atoms with E-state index in [1.54, 1.807) is 42.5 Å². The number of aryl methyl sites for hydroxylation is 3. The predicted molar refractivity (Wildman–Crippen MR) is 132 cm³/mol. The van der Waals surface area contributed by atoms with Crippen molar-refractivity contribution in [3.8, 4) is 5.75 Å². The average Bonchev–Trinajstić information content (AvgIpc) is 3.01. The third-order valence-corrected chi connectivity index (χ3v) is 6.12. The number of esters is 1. The fraction of sp³-hybridized carbons (Fsp3) is 0.148. The van der Waals surface area contributed by atoms with Crippen LogP contribution in [0.5, 0.6) is 5.75 Å². The lowest BCUT2D eigenvalue weighted by Gasteiger charge is -2.18. The van der Waals surface area contributed by atoms with E-state index in [1.165, 1.54) is 0 Å². The summed E-state index contributed by atoms with van der Waals surface area (Å²) in [6.45, 7) is 7.60. The maximum atomic E-state index is 13.1. The molecule has 2 amide bonds. The second-order valence-electron chi connectivity index (χ2n) is 8.21. The van der Waals surface area contributed by atoms with E-state index >= 15 is 0 Å². The summed E-state index contributed by atoms with van der Waals surface area (Å²) in [6, 6.07) is 17.4. The Morgan fingerprint density at radius 3 is 2.26 bits per heavy atom. The first-order chi connectivity index (χ1) is 16.2. The van der Waals surface area contributed by atoms with Gasteiger partial charge in [-0.15, -0.1) is 0 Å². The molecule has 0 spiro atoms. The highest BCUT2D eigenvalue weighted by Crippen LogP contribution is 2.33. The van der Waals surface area contributed by atoms with E-state index in [9.17, 15) is 14.4 Å². The number of ether oxygens (including phenoxy) is 1. The number of nitrogens with zero attached hydrogens (tertiary/aromatic N) is 1. The van der Waals surface area contributed by atoms with Gasteiger partial charge in [0.05, 0.1) is 11.3 Å². The van der Waals surface area contributed by atoms with Crippen molar-refractivity contribution in [2.75, 3.05) is 10.2 Å². The summed E-state index contributed by atoms with van der Waals surface area (Å²) in [6.07, 6.45) is 0. The van der Waals surface area contributed by atoms with Crippen molar-refractivity contribution in [1.29, 1.82) is 0 Å². The van der Waals surface area contributed by atoms with E-state index in [0.29, 0.717) is 22.7 Å². The first kappa shape index (κ1) is 23.3. The molecule has 3 aromatic rings. The van der Waals surface area contributed by atoms with Crippen molar-refractivity contribution in [3.63, 3.8) is 0 Å². The molecule has 3 aromatic carbocycles. The van der Waals surface area contributed by atoms with E-state index in [2.05, 4.69) is 5.32 Å². The Kier molecular flexibility index (Phi) is 6.26. The molecule has 7 heteroatoms. The van der Waals surface area contributed by atoms with Crippen molar-refractivity contribution in [1.82, 2.24) is 0 Å². The Bertz CT molecular complexity index is 1360. The van der Waals surface area contributed by atoms with E-state index < -0.39 is 17.8 Å². The van der Waals surface area contributed by atoms with Crippen LogP contribution < -0.4 is 15.0 Å². The SMILES string of the molecule is Cc1ccc(OC(=O)c2ccc(NC3=C(Cl)C(=O)N(c4cccc(C)c4C)C3=O)cc2)c(C)c1. The Labute approximate surface area is 202 Å². The number of nitrogens with one attached hydrogen (secondary N) is 1. The summed E-state index contributed by atoms with van der Waals surface area (Å²) >= 11 is 6.24. The smallest absolute Gasteiger partial charge is 0.343 e. The lowest BCUT2D eigenvalue weighted by Crippen LogP contribution is -2.33. The van der Waals surface area contributed by atoms with Gasteiger partial charge < -0.3 is 10.1 Å². The van der Waals surface area contributed by atoms with E-state index in [1.807, 2.05) is 45.9 Å². The largest absolute Gasteiger partial charge is 0.423 e. The number of rotatable bonds is 5. The topological polar surface area (TPSA) is 75.7 Å². The minimum absolute atomic E-state index is 0.0156. The lowest BCUT2D eigenvalue weighted by molar-refractivity contribution is -0.120. The zero-order valence-corrected chi connectivity index (χ0v) is 20.0. The lowest BCUT2D eigenvalue weighted by atomic mass is 10.1. The molecule has 0 unspecified atom stereocenters. The first-order valence-corrected chi connectivity index (χ1v) is 11.1.